The third-order valence-electron chi connectivity index (χ3n) is 3.89. The van der Waals surface area contributed by atoms with E-state index in [1.165, 1.54) is 17.5 Å². The number of fused-ring (bicyclic) bond motifs is 1. The summed E-state index contributed by atoms with van der Waals surface area (Å²) < 4.78 is 0. The van der Waals surface area contributed by atoms with Crippen molar-refractivity contribution in [2.45, 2.75) is 51.5 Å². The molecule has 1 unspecified atom stereocenters. The smallest absolute Gasteiger partial charge is 0.251 e. The quantitative estimate of drug-likeness (QED) is 0.825. The zero-order chi connectivity index (χ0) is 13.7. The van der Waals surface area contributed by atoms with Gasteiger partial charge in [-0.2, -0.15) is 0 Å². The number of aryl methyl sites for hydroxylation is 2. The Labute approximate surface area is 115 Å². The first-order valence-electron chi connectivity index (χ1n) is 7.37. The van der Waals surface area contributed by atoms with Gasteiger partial charge >= 0.3 is 0 Å². The minimum atomic E-state index is 0.0150. The summed E-state index contributed by atoms with van der Waals surface area (Å²) >= 11 is 0. The number of benzene rings is 1. The Morgan fingerprint density at radius 3 is 2.89 bits per heavy atom. The Bertz CT molecular complexity index is 442. The Balaban J connectivity index is 1.99. The van der Waals surface area contributed by atoms with Crippen LogP contribution in [0.2, 0.25) is 0 Å². The lowest BCUT2D eigenvalue weighted by Crippen LogP contribution is -2.40. The van der Waals surface area contributed by atoms with Crippen molar-refractivity contribution < 1.29 is 4.79 Å². The van der Waals surface area contributed by atoms with Gasteiger partial charge in [0.05, 0.1) is 0 Å². The number of unbranched alkanes of at least 4 members (excludes halogenated alkanes) is 1. The highest BCUT2D eigenvalue weighted by atomic mass is 16.1. The molecule has 0 aromatic heterocycles. The van der Waals surface area contributed by atoms with Crippen LogP contribution in [0.1, 0.15) is 54.1 Å². The molecule has 1 atom stereocenters. The Morgan fingerprint density at radius 2 is 2.16 bits per heavy atom. The van der Waals surface area contributed by atoms with Gasteiger partial charge in [0.25, 0.3) is 5.91 Å². The van der Waals surface area contributed by atoms with E-state index < -0.39 is 0 Å². The second kappa shape index (κ2) is 6.71. The zero-order valence-corrected chi connectivity index (χ0v) is 11.7. The van der Waals surface area contributed by atoms with Crippen LogP contribution in [0.15, 0.2) is 18.2 Å². The van der Waals surface area contributed by atoms with Gasteiger partial charge in [-0.1, -0.05) is 25.8 Å². The zero-order valence-electron chi connectivity index (χ0n) is 11.7. The van der Waals surface area contributed by atoms with Crippen molar-refractivity contribution in [2.75, 3.05) is 6.54 Å². The van der Waals surface area contributed by atoms with Crippen LogP contribution in [0, 0.1) is 0 Å². The van der Waals surface area contributed by atoms with Crippen molar-refractivity contribution in [1.29, 1.82) is 0 Å². The molecule has 3 nitrogen and oxygen atoms in total. The summed E-state index contributed by atoms with van der Waals surface area (Å²) in [6.45, 7) is 2.66. The average molecular weight is 260 g/mol. The monoisotopic (exact) mass is 260 g/mol. The first-order chi connectivity index (χ1) is 9.24. The van der Waals surface area contributed by atoms with Gasteiger partial charge in [0.1, 0.15) is 0 Å². The topological polar surface area (TPSA) is 55.1 Å². The van der Waals surface area contributed by atoms with Crippen molar-refractivity contribution in [3.05, 3.63) is 34.9 Å². The highest BCUT2D eigenvalue weighted by molar-refractivity contribution is 5.94. The van der Waals surface area contributed by atoms with Gasteiger partial charge < -0.3 is 11.1 Å². The van der Waals surface area contributed by atoms with Crippen LogP contribution in [0.3, 0.4) is 0 Å². The highest BCUT2D eigenvalue weighted by Crippen LogP contribution is 2.22. The molecular formula is C16H24N2O. The van der Waals surface area contributed by atoms with Crippen LogP contribution >= 0.6 is 0 Å². The van der Waals surface area contributed by atoms with Gasteiger partial charge in [0.15, 0.2) is 0 Å². The number of nitrogens with one attached hydrogen (secondary N) is 1. The number of hydrogen-bond donors (Lipinski definition) is 2. The molecule has 0 saturated carbocycles. The van der Waals surface area contributed by atoms with E-state index in [0.29, 0.717) is 6.54 Å². The summed E-state index contributed by atoms with van der Waals surface area (Å²) in [6, 6.07) is 6.18. The lowest BCUT2D eigenvalue weighted by Gasteiger charge is -2.16. The second-order valence-electron chi connectivity index (χ2n) is 5.39. The maximum atomic E-state index is 12.2. The number of nitrogens with two attached hydrogens (primary N) is 1. The van der Waals surface area contributed by atoms with E-state index in [0.717, 1.165) is 37.7 Å². The van der Waals surface area contributed by atoms with E-state index in [4.69, 9.17) is 5.73 Å². The number of carbonyl (C=O) groups is 1. The minimum absolute atomic E-state index is 0.0150. The SMILES string of the molecule is CCCCC(CN)NC(=O)c1ccc2c(c1)CCC2. The molecule has 0 aliphatic heterocycles. The number of carbonyl (C=O) groups excluding carboxylic acids is 1. The molecule has 19 heavy (non-hydrogen) atoms. The molecule has 1 aliphatic rings. The van der Waals surface area contributed by atoms with Crippen LogP contribution in [-0.2, 0) is 12.8 Å². The predicted octanol–water partition coefficient (Wildman–Crippen LogP) is 2.42. The van der Waals surface area contributed by atoms with Crippen molar-refractivity contribution in [1.82, 2.24) is 5.32 Å². The molecule has 0 saturated heterocycles. The summed E-state index contributed by atoms with van der Waals surface area (Å²) in [7, 11) is 0. The Morgan fingerprint density at radius 1 is 1.37 bits per heavy atom. The normalized spacial score (nSPS) is 15.1. The molecule has 0 fully saturated rings. The Hall–Kier alpha value is -1.35. The molecule has 3 heteroatoms. The van der Waals surface area contributed by atoms with E-state index in [1.54, 1.807) is 0 Å². The van der Waals surface area contributed by atoms with E-state index in [1.807, 2.05) is 12.1 Å². The van der Waals surface area contributed by atoms with Crippen molar-refractivity contribution >= 4 is 5.91 Å². The van der Waals surface area contributed by atoms with Gasteiger partial charge in [-0.3, -0.25) is 4.79 Å². The molecule has 0 radical (unpaired) electrons. The third-order valence-corrected chi connectivity index (χ3v) is 3.89. The molecule has 1 aromatic carbocycles. The fraction of sp³-hybridized carbons (Fsp3) is 0.562. The van der Waals surface area contributed by atoms with Crippen LogP contribution in [-0.4, -0.2) is 18.5 Å². The molecule has 2 rings (SSSR count). The summed E-state index contributed by atoms with van der Waals surface area (Å²) in [5.74, 6) is 0.0150. The average Bonchev–Trinajstić information content (AvgIpc) is 2.90. The summed E-state index contributed by atoms with van der Waals surface area (Å²) in [6.07, 6.45) is 6.66. The first-order valence-corrected chi connectivity index (χ1v) is 7.37. The van der Waals surface area contributed by atoms with Gasteiger partial charge in [-0.15, -0.1) is 0 Å². The summed E-state index contributed by atoms with van der Waals surface area (Å²) in [5.41, 5.74) is 9.23. The van der Waals surface area contributed by atoms with E-state index >= 15 is 0 Å². The van der Waals surface area contributed by atoms with Crippen molar-refractivity contribution in [2.24, 2.45) is 5.73 Å². The van der Waals surface area contributed by atoms with E-state index in [9.17, 15) is 4.79 Å². The van der Waals surface area contributed by atoms with Gasteiger partial charge in [0.2, 0.25) is 0 Å². The largest absolute Gasteiger partial charge is 0.348 e. The van der Waals surface area contributed by atoms with E-state index in [-0.39, 0.29) is 11.9 Å². The number of hydrogen-bond acceptors (Lipinski definition) is 2. The molecule has 0 spiro atoms. The minimum Gasteiger partial charge on any atom is -0.348 e. The van der Waals surface area contributed by atoms with Crippen molar-refractivity contribution in [3.63, 3.8) is 0 Å². The molecule has 3 N–H and O–H groups in total. The molecule has 0 heterocycles. The highest BCUT2D eigenvalue weighted by Gasteiger charge is 2.16. The van der Waals surface area contributed by atoms with Gasteiger partial charge in [-0.25, -0.2) is 0 Å². The first kappa shape index (κ1) is 14.1. The van der Waals surface area contributed by atoms with Gasteiger partial charge in [0, 0.05) is 18.2 Å². The number of rotatable bonds is 6. The number of amides is 1. The molecule has 104 valence electrons. The molecule has 0 bridgehead atoms. The summed E-state index contributed by atoms with van der Waals surface area (Å²) in [4.78, 5) is 12.2. The molecular weight excluding hydrogens is 236 g/mol. The molecule has 1 amide bonds. The lowest BCUT2D eigenvalue weighted by molar-refractivity contribution is 0.0935. The van der Waals surface area contributed by atoms with E-state index in [2.05, 4.69) is 18.3 Å². The fourth-order valence-electron chi connectivity index (χ4n) is 2.68. The molecule has 1 aliphatic carbocycles. The standard InChI is InChI=1S/C16H24N2O/c1-2-3-7-15(11-17)18-16(19)14-9-8-12-5-4-6-13(12)10-14/h8-10,15H,2-7,11,17H2,1H3,(H,18,19). The second-order valence-corrected chi connectivity index (χ2v) is 5.39. The van der Waals surface area contributed by atoms with Crippen LogP contribution in [0.25, 0.3) is 0 Å². The van der Waals surface area contributed by atoms with Crippen molar-refractivity contribution in [3.8, 4) is 0 Å². The lowest BCUT2D eigenvalue weighted by atomic mass is 10.0. The fourth-order valence-corrected chi connectivity index (χ4v) is 2.68. The van der Waals surface area contributed by atoms with Crippen LogP contribution in [0.4, 0.5) is 0 Å². The maximum absolute atomic E-state index is 12.2. The Kier molecular flexibility index (Phi) is 4.97. The van der Waals surface area contributed by atoms with Crippen LogP contribution in [0.5, 0.6) is 0 Å². The van der Waals surface area contributed by atoms with Gasteiger partial charge in [-0.05, 0) is 48.9 Å². The summed E-state index contributed by atoms with van der Waals surface area (Å²) in [5, 5.41) is 3.05. The maximum Gasteiger partial charge on any atom is 0.251 e. The molecule has 1 aromatic rings. The third kappa shape index (κ3) is 3.57. The predicted molar refractivity (Wildman–Crippen MR) is 78.3 cm³/mol. The van der Waals surface area contributed by atoms with Crippen LogP contribution < -0.4 is 11.1 Å².